The summed E-state index contributed by atoms with van der Waals surface area (Å²) in [5.74, 6) is -1.11. The van der Waals surface area contributed by atoms with E-state index < -0.39 is 16.0 Å². The summed E-state index contributed by atoms with van der Waals surface area (Å²) in [5.41, 5.74) is 0.310. The molecule has 0 aliphatic heterocycles. The van der Waals surface area contributed by atoms with Crippen LogP contribution in [-0.4, -0.2) is 25.5 Å². The SMILES string of the molecule is Cc1c(C(=O)O)cccc1S(=O)(=O)NC1CCCCCC1. The molecule has 116 valence electrons. The zero-order valence-electron chi connectivity index (χ0n) is 12.1. The van der Waals surface area contributed by atoms with Gasteiger partial charge in [-0.15, -0.1) is 0 Å². The number of aromatic carboxylic acids is 1. The topological polar surface area (TPSA) is 83.5 Å². The standard InChI is InChI=1S/C15H21NO4S/c1-11-13(15(17)18)9-6-10-14(11)21(19,20)16-12-7-4-2-3-5-8-12/h6,9-10,12,16H,2-5,7-8H2,1H3,(H,17,18). The number of nitrogens with one attached hydrogen (secondary N) is 1. The summed E-state index contributed by atoms with van der Waals surface area (Å²) in [6, 6.07) is 4.30. The van der Waals surface area contributed by atoms with Crippen molar-refractivity contribution in [1.29, 1.82) is 0 Å². The molecule has 21 heavy (non-hydrogen) atoms. The van der Waals surface area contributed by atoms with Gasteiger partial charge in [-0.05, 0) is 37.5 Å². The predicted octanol–water partition coefficient (Wildman–Crippen LogP) is 2.69. The van der Waals surface area contributed by atoms with E-state index in [1.165, 1.54) is 25.1 Å². The van der Waals surface area contributed by atoms with Crippen molar-refractivity contribution in [3.05, 3.63) is 29.3 Å². The molecule has 1 aliphatic carbocycles. The molecule has 0 unspecified atom stereocenters. The van der Waals surface area contributed by atoms with E-state index >= 15 is 0 Å². The second-order valence-corrected chi connectivity index (χ2v) is 7.23. The third-order valence-corrected chi connectivity index (χ3v) is 5.65. The van der Waals surface area contributed by atoms with E-state index in [0.717, 1.165) is 38.5 Å². The third kappa shape index (κ3) is 3.83. The molecule has 6 heteroatoms. The van der Waals surface area contributed by atoms with Crippen molar-refractivity contribution < 1.29 is 18.3 Å². The van der Waals surface area contributed by atoms with E-state index in [1.807, 2.05) is 0 Å². The molecule has 0 aromatic heterocycles. The Balaban J connectivity index is 2.27. The van der Waals surface area contributed by atoms with Crippen molar-refractivity contribution in [1.82, 2.24) is 4.72 Å². The van der Waals surface area contributed by atoms with Crippen LogP contribution in [0.3, 0.4) is 0 Å². The molecule has 0 bridgehead atoms. The van der Waals surface area contributed by atoms with Gasteiger partial charge in [0.15, 0.2) is 0 Å². The summed E-state index contributed by atoms with van der Waals surface area (Å²) in [6.45, 7) is 1.53. The Morgan fingerprint density at radius 1 is 1.19 bits per heavy atom. The second kappa shape index (κ2) is 6.58. The van der Waals surface area contributed by atoms with Gasteiger partial charge in [0.25, 0.3) is 0 Å². The Hall–Kier alpha value is -1.40. The molecule has 1 aromatic carbocycles. The maximum atomic E-state index is 12.5. The fraction of sp³-hybridized carbons (Fsp3) is 0.533. The summed E-state index contributed by atoms with van der Waals surface area (Å²) in [6.07, 6.45) is 6.04. The largest absolute Gasteiger partial charge is 0.478 e. The molecule has 2 rings (SSSR count). The zero-order chi connectivity index (χ0) is 15.5. The maximum absolute atomic E-state index is 12.5. The van der Waals surface area contributed by atoms with Crippen LogP contribution in [0.4, 0.5) is 0 Å². The number of carbonyl (C=O) groups is 1. The first-order chi connectivity index (χ1) is 9.92. The minimum atomic E-state index is -3.68. The molecule has 1 fully saturated rings. The fourth-order valence-corrected chi connectivity index (χ4v) is 4.39. The highest BCUT2D eigenvalue weighted by molar-refractivity contribution is 7.89. The molecule has 0 saturated heterocycles. The van der Waals surface area contributed by atoms with Gasteiger partial charge < -0.3 is 5.11 Å². The van der Waals surface area contributed by atoms with Crippen LogP contribution in [0.15, 0.2) is 23.1 Å². The average molecular weight is 311 g/mol. The summed E-state index contributed by atoms with van der Waals surface area (Å²) in [7, 11) is -3.68. The minimum absolute atomic E-state index is 0.0266. The van der Waals surface area contributed by atoms with Crippen LogP contribution in [0.25, 0.3) is 0 Å². The minimum Gasteiger partial charge on any atom is -0.478 e. The summed E-state index contributed by atoms with van der Waals surface area (Å²) in [4.78, 5) is 11.2. The number of hydrogen-bond donors (Lipinski definition) is 2. The van der Waals surface area contributed by atoms with Gasteiger partial charge in [0.2, 0.25) is 10.0 Å². The normalized spacial score (nSPS) is 17.4. The average Bonchev–Trinajstić information content (AvgIpc) is 2.66. The van der Waals surface area contributed by atoms with E-state index in [1.54, 1.807) is 0 Å². The highest BCUT2D eigenvalue weighted by Crippen LogP contribution is 2.22. The Labute approximate surface area is 125 Å². The van der Waals surface area contributed by atoms with Crippen molar-refractivity contribution in [2.24, 2.45) is 0 Å². The lowest BCUT2D eigenvalue weighted by Gasteiger charge is -2.18. The van der Waals surface area contributed by atoms with Gasteiger partial charge in [0.1, 0.15) is 0 Å². The highest BCUT2D eigenvalue weighted by Gasteiger charge is 2.24. The van der Waals surface area contributed by atoms with Crippen LogP contribution in [0.2, 0.25) is 0 Å². The molecule has 1 aromatic rings. The van der Waals surface area contributed by atoms with Crippen LogP contribution >= 0.6 is 0 Å². The third-order valence-electron chi connectivity index (χ3n) is 3.98. The number of rotatable bonds is 4. The lowest BCUT2D eigenvalue weighted by molar-refractivity contribution is 0.0696. The first-order valence-electron chi connectivity index (χ1n) is 7.27. The Kier molecular flexibility index (Phi) is 5.00. The molecule has 1 saturated carbocycles. The molecule has 0 amide bonds. The van der Waals surface area contributed by atoms with E-state index in [0.29, 0.717) is 0 Å². The number of hydrogen-bond acceptors (Lipinski definition) is 3. The smallest absolute Gasteiger partial charge is 0.335 e. The van der Waals surface area contributed by atoms with Crippen molar-refractivity contribution in [2.45, 2.75) is 56.4 Å². The molecule has 0 radical (unpaired) electrons. The zero-order valence-corrected chi connectivity index (χ0v) is 12.9. The molecular formula is C15H21NO4S. The van der Waals surface area contributed by atoms with E-state index in [2.05, 4.69) is 4.72 Å². The monoisotopic (exact) mass is 311 g/mol. The van der Waals surface area contributed by atoms with Gasteiger partial charge in [0.05, 0.1) is 10.5 Å². The quantitative estimate of drug-likeness (QED) is 0.837. The molecule has 2 N–H and O–H groups in total. The molecule has 0 atom stereocenters. The lowest BCUT2D eigenvalue weighted by Crippen LogP contribution is -2.35. The Morgan fingerprint density at radius 2 is 1.81 bits per heavy atom. The van der Waals surface area contributed by atoms with Gasteiger partial charge in [-0.25, -0.2) is 17.9 Å². The second-order valence-electron chi connectivity index (χ2n) is 5.54. The Bertz CT molecular complexity index is 617. The van der Waals surface area contributed by atoms with Gasteiger partial charge >= 0.3 is 5.97 Å². The van der Waals surface area contributed by atoms with Crippen molar-refractivity contribution in [3.8, 4) is 0 Å². The van der Waals surface area contributed by atoms with Crippen molar-refractivity contribution in [3.63, 3.8) is 0 Å². The number of benzene rings is 1. The molecule has 0 heterocycles. The van der Waals surface area contributed by atoms with Crippen LogP contribution in [-0.2, 0) is 10.0 Å². The van der Waals surface area contributed by atoms with Gasteiger partial charge in [0, 0.05) is 6.04 Å². The molecule has 0 spiro atoms. The molecule has 5 nitrogen and oxygen atoms in total. The predicted molar refractivity (Wildman–Crippen MR) is 79.9 cm³/mol. The van der Waals surface area contributed by atoms with E-state index in [4.69, 9.17) is 5.11 Å². The van der Waals surface area contributed by atoms with Crippen LogP contribution in [0.1, 0.15) is 54.4 Å². The van der Waals surface area contributed by atoms with Gasteiger partial charge in [-0.3, -0.25) is 0 Å². The number of carboxylic acid groups (broad SMARTS) is 1. The van der Waals surface area contributed by atoms with Crippen LogP contribution in [0, 0.1) is 6.92 Å². The maximum Gasteiger partial charge on any atom is 0.335 e. The molecular weight excluding hydrogens is 290 g/mol. The van der Waals surface area contributed by atoms with Crippen LogP contribution < -0.4 is 4.72 Å². The lowest BCUT2D eigenvalue weighted by atomic mass is 10.1. The van der Waals surface area contributed by atoms with Crippen molar-refractivity contribution >= 4 is 16.0 Å². The summed E-state index contributed by atoms with van der Waals surface area (Å²) < 4.78 is 27.7. The van der Waals surface area contributed by atoms with Gasteiger partial charge in [-0.1, -0.05) is 31.7 Å². The highest BCUT2D eigenvalue weighted by atomic mass is 32.2. The first kappa shape index (κ1) is 16.0. The van der Waals surface area contributed by atoms with Crippen molar-refractivity contribution in [2.75, 3.05) is 0 Å². The molecule has 1 aliphatic rings. The summed E-state index contributed by atoms with van der Waals surface area (Å²) in [5, 5.41) is 9.10. The van der Waals surface area contributed by atoms with E-state index in [-0.39, 0.29) is 22.1 Å². The van der Waals surface area contributed by atoms with Gasteiger partial charge in [-0.2, -0.15) is 0 Å². The number of sulfonamides is 1. The fourth-order valence-electron chi connectivity index (χ4n) is 2.82. The van der Waals surface area contributed by atoms with Crippen LogP contribution in [0.5, 0.6) is 0 Å². The first-order valence-corrected chi connectivity index (χ1v) is 8.75. The van der Waals surface area contributed by atoms with E-state index in [9.17, 15) is 13.2 Å². The Morgan fingerprint density at radius 3 is 2.38 bits per heavy atom. The number of carboxylic acids is 1. The summed E-state index contributed by atoms with van der Waals surface area (Å²) >= 11 is 0.